The lowest BCUT2D eigenvalue weighted by molar-refractivity contribution is 0.413. The highest BCUT2D eigenvalue weighted by Gasteiger charge is 2.20. The maximum atomic E-state index is 9.34. The molecule has 0 aromatic heterocycles. The molecule has 0 saturated heterocycles. The quantitative estimate of drug-likeness (QED) is 0.831. The van der Waals surface area contributed by atoms with Crippen molar-refractivity contribution in [1.82, 2.24) is 0 Å². The maximum absolute atomic E-state index is 9.34. The molecule has 2 aromatic carbocycles. The van der Waals surface area contributed by atoms with Gasteiger partial charge < -0.3 is 15.2 Å². The zero-order chi connectivity index (χ0) is 13.9. The number of hydrogen-bond acceptors (Lipinski definition) is 3. The lowest BCUT2D eigenvalue weighted by atomic mass is 9.87. The van der Waals surface area contributed by atoms with E-state index in [1.165, 1.54) is 17.5 Å². The Balaban J connectivity index is 1.87. The molecule has 0 fully saturated rings. The highest BCUT2D eigenvalue weighted by molar-refractivity contribution is 5.50. The van der Waals surface area contributed by atoms with Gasteiger partial charge in [-0.15, -0.1) is 0 Å². The molecule has 0 aliphatic heterocycles. The Morgan fingerprint density at radius 2 is 1.95 bits per heavy atom. The van der Waals surface area contributed by atoms with Crippen LogP contribution in [0.5, 0.6) is 11.5 Å². The molecule has 3 rings (SSSR count). The summed E-state index contributed by atoms with van der Waals surface area (Å²) in [6.07, 6.45) is 3.43. The lowest BCUT2D eigenvalue weighted by Crippen LogP contribution is -2.17. The highest BCUT2D eigenvalue weighted by Crippen LogP contribution is 2.34. The van der Waals surface area contributed by atoms with Crippen molar-refractivity contribution < 1.29 is 9.84 Å². The number of aryl methyl sites for hydroxylation is 1. The van der Waals surface area contributed by atoms with Crippen LogP contribution in [0, 0.1) is 0 Å². The number of anilines is 1. The van der Waals surface area contributed by atoms with Crippen LogP contribution in [0.3, 0.4) is 0 Å². The van der Waals surface area contributed by atoms with Gasteiger partial charge >= 0.3 is 0 Å². The van der Waals surface area contributed by atoms with E-state index in [1.807, 2.05) is 18.2 Å². The SMILES string of the molecule is COc1ccc2c(c1)C(Nc1ccc(O)cc1)CCC2. The second-order valence-electron chi connectivity index (χ2n) is 5.20. The van der Waals surface area contributed by atoms with E-state index < -0.39 is 0 Å². The maximum Gasteiger partial charge on any atom is 0.119 e. The van der Waals surface area contributed by atoms with Crippen LogP contribution in [0.1, 0.15) is 30.0 Å². The summed E-state index contributed by atoms with van der Waals surface area (Å²) < 4.78 is 5.33. The van der Waals surface area contributed by atoms with Crippen LogP contribution in [0.4, 0.5) is 5.69 Å². The number of nitrogens with one attached hydrogen (secondary N) is 1. The Bertz CT molecular complexity index is 592. The molecule has 0 saturated carbocycles. The van der Waals surface area contributed by atoms with Gasteiger partial charge in [-0.1, -0.05) is 6.07 Å². The number of phenols is 1. The molecule has 0 amide bonds. The highest BCUT2D eigenvalue weighted by atomic mass is 16.5. The molecule has 1 aliphatic carbocycles. The molecule has 2 aromatic rings. The Morgan fingerprint density at radius 1 is 1.15 bits per heavy atom. The van der Waals surface area contributed by atoms with Crippen molar-refractivity contribution in [2.24, 2.45) is 0 Å². The standard InChI is InChI=1S/C17H19NO2/c1-20-15-10-5-12-3-2-4-17(16(12)11-15)18-13-6-8-14(19)9-7-13/h5-11,17-19H,2-4H2,1H3. The Kier molecular flexibility index (Phi) is 3.50. The summed E-state index contributed by atoms with van der Waals surface area (Å²) in [6, 6.07) is 13.9. The average molecular weight is 269 g/mol. The third kappa shape index (κ3) is 2.57. The molecule has 0 radical (unpaired) electrons. The largest absolute Gasteiger partial charge is 0.508 e. The van der Waals surface area contributed by atoms with E-state index >= 15 is 0 Å². The third-order valence-electron chi connectivity index (χ3n) is 3.88. The first-order valence-electron chi connectivity index (χ1n) is 6.98. The van der Waals surface area contributed by atoms with Gasteiger partial charge in [-0.25, -0.2) is 0 Å². The van der Waals surface area contributed by atoms with E-state index in [4.69, 9.17) is 4.74 Å². The fourth-order valence-electron chi connectivity index (χ4n) is 2.81. The van der Waals surface area contributed by atoms with Gasteiger partial charge in [0.1, 0.15) is 11.5 Å². The molecule has 20 heavy (non-hydrogen) atoms. The minimum Gasteiger partial charge on any atom is -0.508 e. The van der Waals surface area contributed by atoms with Crippen LogP contribution in [0.15, 0.2) is 42.5 Å². The van der Waals surface area contributed by atoms with Crippen LogP contribution in [-0.4, -0.2) is 12.2 Å². The first-order chi connectivity index (χ1) is 9.76. The van der Waals surface area contributed by atoms with Crippen molar-refractivity contribution in [3.8, 4) is 11.5 Å². The van der Waals surface area contributed by atoms with Gasteiger partial charge in [0, 0.05) is 5.69 Å². The fourth-order valence-corrected chi connectivity index (χ4v) is 2.81. The summed E-state index contributed by atoms with van der Waals surface area (Å²) >= 11 is 0. The summed E-state index contributed by atoms with van der Waals surface area (Å²) in [4.78, 5) is 0. The van der Waals surface area contributed by atoms with E-state index in [9.17, 15) is 5.11 Å². The molecule has 104 valence electrons. The first kappa shape index (κ1) is 12.9. The minimum absolute atomic E-state index is 0.293. The van der Waals surface area contributed by atoms with Gasteiger partial charge in [0.15, 0.2) is 0 Å². The van der Waals surface area contributed by atoms with E-state index in [1.54, 1.807) is 19.2 Å². The van der Waals surface area contributed by atoms with Gasteiger partial charge in [-0.05, 0) is 66.8 Å². The Morgan fingerprint density at radius 3 is 2.70 bits per heavy atom. The van der Waals surface area contributed by atoms with Gasteiger partial charge in [0.05, 0.1) is 13.2 Å². The number of ether oxygens (including phenoxy) is 1. The number of hydrogen-bond donors (Lipinski definition) is 2. The number of aromatic hydroxyl groups is 1. The summed E-state index contributed by atoms with van der Waals surface area (Å²) in [5, 5.41) is 12.9. The first-order valence-corrected chi connectivity index (χ1v) is 6.98. The molecule has 1 unspecified atom stereocenters. The molecule has 3 nitrogen and oxygen atoms in total. The van der Waals surface area contributed by atoms with Gasteiger partial charge in [-0.2, -0.15) is 0 Å². The monoisotopic (exact) mass is 269 g/mol. The fraction of sp³-hybridized carbons (Fsp3) is 0.294. The number of fused-ring (bicyclic) bond motifs is 1. The molecule has 0 spiro atoms. The third-order valence-corrected chi connectivity index (χ3v) is 3.88. The normalized spacial score (nSPS) is 17.4. The molecule has 0 bridgehead atoms. The van der Waals surface area contributed by atoms with Crippen molar-refractivity contribution in [1.29, 1.82) is 0 Å². The van der Waals surface area contributed by atoms with Crippen LogP contribution in [0.2, 0.25) is 0 Å². The van der Waals surface area contributed by atoms with Crippen molar-refractivity contribution >= 4 is 5.69 Å². The van der Waals surface area contributed by atoms with Gasteiger partial charge in [0.2, 0.25) is 0 Å². The van der Waals surface area contributed by atoms with Crippen molar-refractivity contribution in [2.75, 3.05) is 12.4 Å². The molecule has 1 aliphatic rings. The van der Waals surface area contributed by atoms with Crippen molar-refractivity contribution in [3.05, 3.63) is 53.6 Å². The van der Waals surface area contributed by atoms with E-state index in [2.05, 4.69) is 17.4 Å². The molecular weight excluding hydrogens is 250 g/mol. The predicted octanol–water partition coefficient (Wildman–Crippen LogP) is 3.89. The average Bonchev–Trinajstić information content (AvgIpc) is 2.49. The number of phenolic OH excluding ortho intramolecular Hbond substituents is 1. The van der Waals surface area contributed by atoms with E-state index in [-0.39, 0.29) is 0 Å². The Labute approximate surface area is 119 Å². The molecule has 0 heterocycles. The smallest absolute Gasteiger partial charge is 0.119 e. The summed E-state index contributed by atoms with van der Waals surface area (Å²) in [5.74, 6) is 1.20. The van der Waals surface area contributed by atoms with Crippen LogP contribution in [0.25, 0.3) is 0 Å². The van der Waals surface area contributed by atoms with Crippen LogP contribution >= 0.6 is 0 Å². The second-order valence-corrected chi connectivity index (χ2v) is 5.20. The van der Waals surface area contributed by atoms with E-state index in [0.29, 0.717) is 11.8 Å². The summed E-state index contributed by atoms with van der Waals surface area (Å²) in [5.41, 5.74) is 3.75. The van der Waals surface area contributed by atoms with Crippen LogP contribution in [-0.2, 0) is 6.42 Å². The summed E-state index contributed by atoms with van der Waals surface area (Å²) in [6.45, 7) is 0. The van der Waals surface area contributed by atoms with E-state index in [0.717, 1.165) is 24.3 Å². The lowest BCUT2D eigenvalue weighted by Gasteiger charge is -2.27. The zero-order valence-electron chi connectivity index (χ0n) is 11.6. The second kappa shape index (κ2) is 5.45. The molecular formula is C17H19NO2. The number of benzene rings is 2. The van der Waals surface area contributed by atoms with Gasteiger partial charge in [-0.3, -0.25) is 0 Å². The van der Waals surface area contributed by atoms with Crippen molar-refractivity contribution in [2.45, 2.75) is 25.3 Å². The number of methoxy groups -OCH3 is 1. The van der Waals surface area contributed by atoms with Crippen LogP contribution < -0.4 is 10.1 Å². The van der Waals surface area contributed by atoms with Gasteiger partial charge in [0.25, 0.3) is 0 Å². The Hall–Kier alpha value is -2.16. The minimum atomic E-state index is 0.293. The molecule has 2 N–H and O–H groups in total. The molecule has 3 heteroatoms. The topological polar surface area (TPSA) is 41.5 Å². The molecule has 1 atom stereocenters. The zero-order valence-corrected chi connectivity index (χ0v) is 11.6. The summed E-state index contributed by atoms with van der Waals surface area (Å²) in [7, 11) is 1.70. The predicted molar refractivity (Wildman–Crippen MR) is 80.4 cm³/mol. The van der Waals surface area contributed by atoms with Crippen molar-refractivity contribution in [3.63, 3.8) is 0 Å². The number of rotatable bonds is 3.